The predicted molar refractivity (Wildman–Crippen MR) is 51.1 cm³/mol. The van der Waals surface area contributed by atoms with E-state index in [0.717, 1.165) is 0 Å². The van der Waals surface area contributed by atoms with E-state index in [1.54, 1.807) is 6.07 Å². The average Bonchev–Trinajstić information content (AvgIpc) is 2.18. The molecule has 0 amide bonds. The van der Waals surface area contributed by atoms with Crippen LogP contribution in [0.25, 0.3) is 0 Å². The highest BCUT2D eigenvalue weighted by Gasteiger charge is 2.14. The fourth-order valence-corrected chi connectivity index (χ4v) is 1.16. The molecule has 5 heteroatoms. The molecule has 1 aromatic rings. The zero-order chi connectivity index (χ0) is 11.3. The van der Waals surface area contributed by atoms with Crippen molar-refractivity contribution in [3.05, 3.63) is 29.8 Å². The topological polar surface area (TPSA) is 52.3 Å². The Hall–Kier alpha value is -1.49. The Kier molecular flexibility index (Phi) is 4.17. The van der Waals surface area contributed by atoms with E-state index in [2.05, 4.69) is 4.74 Å². The van der Waals surface area contributed by atoms with Crippen molar-refractivity contribution < 1.29 is 18.3 Å². The Labute approximate surface area is 85.8 Å². The molecule has 0 saturated carbocycles. The minimum Gasteiger partial charge on any atom is -0.434 e. The number of halogens is 2. The number of nitrogens with two attached hydrogens (primary N) is 1. The number of para-hydroxylation sites is 1. The lowest BCUT2D eigenvalue weighted by atomic mass is 10.1. The third-order valence-electron chi connectivity index (χ3n) is 1.77. The van der Waals surface area contributed by atoms with Gasteiger partial charge in [0.2, 0.25) is 0 Å². The number of rotatable bonds is 5. The molecule has 0 radical (unpaired) electrons. The number of Topliss-reactive ketones (excluding diaryl/α,β-unsaturated/α-hetero) is 1. The lowest BCUT2D eigenvalue weighted by Crippen LogP contribution is -2.11. The van der Waals surface area contributed by atoms with Crippen molar-refractivity contribution in [1.82, 2.24) is 0 Å². The highest BCUT2D eigenvalue weighted by molar-refractivity contribution is 5.98. The van der Waals surface area contributed by atoms with Gasteiger partial charge in [0.05, 0.1) is 5.56 Å². The minimum absolute atomic E-state index is 0.106. The van der Waals surface area contributed by atoms with Crippen LogP contribution in [-0.2, 0) is 0 Å². The van der Waals surface area contributed by atoms with Crippen molar-refractivity contribution in [2.45, 2.75) is 13.0 Å². The fraction of sp³-hybridized carbons (Fsp3) is 0.300. The number of hydrogen-bond donors (Lipinski definition) is 1. The molecule has 0 bridgehead atoms. The molecule has 0 heterocycles. The normalized spacial score (nSPS) is 10.4. The number of carbonyl (C=O) groups excluding carboxylic acids is 1. The molecule has 2 N–H and O–H groups in total. The number of benzene rings is 1. The van der Waals surface area contributed by atoms with E-state index < -0.39 is 6.61 Å². The molecule has 0 aliphatic rings. The maximum atomic E-state index is 12.0. The van der Waals surface area contributed by atoms with Crippen LogP contribution in [0.2, 0.25) is 0 Å². The molecular formula is C10H11F2NO2. The van der Waals surface area contributed by atoms with Crippen LogP contribution >= 0.6 is 0 Å². The lowest BCUT2D eigenvalue weighted by molar-refractivity contribution is -0.0501. The monoisotopic (exact) mass is 215 g/mol. The van der Waals surface area contributed by atoms with E-state index in [-0.39, 0.29) is 30.1 Å². The number of carbonyl (C=O) groups is 1. The van der Waals surface area contributed by atoms with Crippen LogP contribution in [0, 0.1) is 0 Å². The Morgan fingerprint density at radius 2 is 2.07 bits per heavy atom. The second-order valence-corrected chi connectivity index (χ2v) is 2.84. The van der Waals surface area contributed by atoms with Crippen LogP contribution in [0.3, 0.4) is 0 Å². The highest BCUT2D eigenvalue weighted by atomic mass is 19.3. The summed E-state index contributed by atoms with van der Waals surface area (Å²) in [5, 5.41) is 0. The summed E-state index contributed by atoms with van der Waals surface area (Å²) in [5.41, 5.74) is 5.35. The summed E-state index contributed by atoms with van der Waals surface area (Å²) >= 11 is 0. The van der Waals surface area contributed by atoms with E-state index in [9.17, 15) is 13.6 Å². The van der Waals surface area contributed by atoms with Crippen molar-refractivity contribution in [3.63, 3.8) is 0 Å². The van der Waals surface area contributed by atoms with Crippen molar-refractivity contribution in [3.8, 4) is 5.75 Å². The SMILES string of the molecule is NCCC(=O)c1ccccc1OC(F)F. The molecule has 15 heavy (non-hydrogen) atoms. The Bertz CT molecular complexity index is 342. The summed E-state index contributed by atoms with van der Waals surface area (Å²) < 4.78 is 28.2. The predicted octanol–water partition coefficient (Wildman–Crippen LogP) is 1.82. The van der Waals surface area contributed by atoms with Crippen LogP contribution in [-0.4, -0.2) is 18.9 Å². The molecular weight excluding hydrogens is 204 g/mol. The molecule has 3 nitrogen and oxygen atoms in total. The van der Waals surface area contributed by atoms with E-state index >= 15 is 0 Å². The van der Waals surface area contributed by atoms with Gasteiger partial charge in [0.1, 0.15) is 5.75 Å². The van der Waals surface area contributed by atoms with Crippen LogP contribution in [0.1, 0.15) is 16.8 Å². The molecule has 0 saturated heterocycles. The van der Waals surface area contributed by atoms with Gasteiger partial charge in [-0.2, -0.15) is 8.78 Å². The summed E-state index contributed by atoms with van der Waals surface area (Å²) in [6.45, 7) is -2.75. The Balaban J connectivity index is 2.90. The maximum Gasteiger partial charge on any atom is 0.387 e. The standard InChI is InChI=1S/C10H11F2NO2/c11-10(12)15-9-4-2-1-3-7(9)8(14)5-6-13/h1-4,10H,5-6,13H2. The first-order chi connectivity index (χ1) is 7.15. The smallest absolute Gasteiger partial charge is 0.387 e. The van der Waals surface area contributed by atoms with Gasteiger partial charge in [0.25, 0.3) is 0 Å². The summed E-state index contributed by atoms with van der Waals surface area (Å²) in [6.07, 6.45) is 0.115. The quantitative estimate of drug-likeness (QED) is 0.762. The third kappa shape index (κ3) is 3.28. The van der Waals surface area contributed by atoms with Crippen LogP contribution < -0.4 is 10.5 Å². The molecule has 0 unspecified atom stereocenters. The van der Waals surface area contributed by atoms with Crippen LogP contribution in [0.15, 0.2) is 24.3 Å². The van der Waals surface area contributed by atoms with Gasteiger partial charge in [-0.15, -0.1) is 0 Å². The maximum absolute atomic E-state index is 12.0. The van der Waals surface area contributed by atoms with E-state index in [4.69, 9.17) is 5.73 Å². The Morgan fingerprint density at radius 1 is 1.40 bits per heavy atom. The van der Waals surface area contributed by atoms with Gasteiger partial charge in [0.15, 0.2) is 5.78 Å². The molecule has 0 spiro atoms. The van der Waals surface area contributed by atoms with E-state index in [1.807, 2.05) is 0 Å². The van der Waals surface area contributed by atoms with Crippen LogP contribution in [0.4, 0.5) is 8.78 Å². The number of ketones is 1. The zero-order valence-corrected chi connectivity index (χ0v) is 7.95. The summed E-state index contributed by atoms with van der Waals surface area (Å²) in [7, 11) is 0. The van der Waals surface area contributed by atoms with Crippen molar-refractivity contribution in [2.24, 2.45) is 5.73 Å². The fourth-order valence-electron chi connectivity index (χ4n) is 1.16. The van der Waals surface area contributed by atoms with Gasteiger partial charge < -0.3 is 10.5 Å². The van der Waals surface area contributed by atoms with Gasteiger partial charge in [-0.1, -0.05) is 12.1 Å². The highest BCUT2D eigenvalue weighted by Crippen LogP contribution is 2.21. The van der Waals surface area contributed by atoms with Gasteiger partial charge >= 0.3 is 6.61 Å². The van der Waals surface area contributed by atoms with Gasteiger partial charge in [-0.3, -0.25) is 4.79 Å². The first-order valence-electron chi connectivity index (χ1n) is 4.42. The number of ether oxygens (including phenoxy) is 1. The summed E-state index contributed by atoms with van der Waals surface area (Å²) in [4.78, 5) is 11.4. The molecule has 1 rings (SSSR count). The first kappa shape index (κ1) is 11.6. The molecule has 82 valence electrons. The first-order valence-corrected chi connectivity index (χ1v) is 4.42. The summed E-state index contributed by atoms with van der Waals surface area (Å²) in [6, 6.07) is 5.88. The second-order valence-electron chi connectivity index (χ2n) is 2.84. The molecule has 1 aromatic carbocycles. The van der Waals surface area contributed by atoms with Crippen molar-refractivity contribution in [2.75, 3.05) is 6.54 Å². The van der Waals surface area contributed by atoms with Gasteiger partial charge in [-0.25, -0.2) is 0 Å². The molecule has 0 atom stereocenters. The number of alkyl halides is 2. The number of hydrogen-bond acceptors (Lipinski definition) is 3. The largest absolute Gasteiger partial charge is 0.434 e. The van der Waals surface area contributed by atoms with Crippen molar-refractivity contribution >= 4 is 5.78 Å². The van der Waals surface area contributed by atoms with E-state index in [0.29, 0.717) is 0 Å². The zero-order valence-electron chi connectivity index (χ0n) is 7.95. The lowest BCUT2D eigenvalue weighted by Gasteiger charge is -2.08. The third-order valence-corrected chi connectivity index (χ3v) is 1.77. The minimum atomic E-state index is -2.93. The second kappa shape index (κ2) is 5.41. The Morgan fingerprint density at radius 3 is 2.67 bits per heavy atom. The van der Waals surface area contributed by atoms with Gasteiger partial charge in [0, 0.05) is 6.42 Å². The van der Waals surface area contributed by atoms with Gasteiger partial charge in [-0.05, 0) is 18.7 Å². The molecule has 0 aromatic heterocycles. The molecule has 0 aliphatic heterocycles. The van der Waals surface area contributed by atoms with Crippen LogP contribution in [0.5, 0.6) is 5.75 Å². The summed E-state index contributed by atoms with van der Waals surface area (Å²) in [5.74, 6) is -0.403. The molecule has 0 aliphatic carbocycles. The van der Waals surface area contributed by atoms with Crippen molar-refractivity contribution in [1.29, 1.82) is 0 Å². The average molecular weight is 215 g/mol. The van der Waals surface area contributed by atoms with E-state index in [1.165, 1.54) is 18.2 Å². The molecule has 0 fully saturated rings.